The van der Waals surface area contributed by atoms with Gasteiger partial charge in [0.2, 0.25) is 11.8 Å². The third-order valence-electron chi connectivity index (χ3n) is 9.34. The van der Waals surface area contributed by atoms with E-state index >= 15 is 0 Å². The fourth-order valence-corrected chi connectivity index (χ4v) is 7.07. The lowest BCUT2D eigenvalue weighted by Gasteiger charge is -2.38. The summed E-state index contributed by atoms with van der Waals surface area (Å²) < 4.78 is 12.5. The summed E-state index contributed by atoms with van der Waals surface area (Å²) >= 11 is 0. The van der Waals surface area contributed by atoms with E-state index in [1.54, 1.807) is 30.1 Å². The summed E-state index contributed by atoms with van der Waals surface area (Å²) in [5.74, 6) is -3.59. The highest BCUT2D eigenvalue weighted by Crippen LogP contribution is 2.54. The van der Waals surface area contributed by atoms with Gasteiger partial charge in [-0.2, -0.15) is 0 Å². The van der Waals surface area contributed by atoms with Crippen LogP contribution in [0.4, 0.5) is 11.4 Å². The number of nitrogens with one attached hydrogen (secondary N) is 1. The zero-order valence-corrected chi connectivity index (χ0v) is 26.0. The molecular formula is C33H44N4O7. The number of hydrogen-bond donors (Lipinski definition) is 2. The standard InChI is InChI=1S/C33H44N4O7/c1-5-22(20-38)37-29-31(41)36(24-15-13-23(14-16-24)35(6-2)7-3)18-10-17-33(29)28(30(37)40)27-25(44-33)11-8-9-12-26(39)34-19-21(4)43-32(27)42/h8,10-11,13-17,21-22,25,27-29,38H,5-7,9,12,18-20H2,1-4H3,(H,34,39)/b11-8-/t21-,22+,25-,27+,28+,29-,33+/m1/s1. The molecule has 11 heteroatoms. The van der Waals surface area contributed by atoms with Gasteiger partial charge in [-0.3, -0.25) is 19.2 Å². The molecule has 0 aromatic heterocycles. The summed E-state index contributed by atoms with van der Waals surface area (Å²) in [6, 6.07) is 6.01. The van der Waals surface area contributed by atoms with E-state index in [0.29, 0.717) is 18.5 Å². The van der Waals surface area contributed by atoms with Crippen molar-refractivity contribution >= 4 is 35.1 Å². The minimum absolute atomic E-state index is 0.147. The molecule has 7 atom stereocenters. The van der Waals surface area contributed by atoms with Crippen LogP contribution in [0.5, 0.6) is 0 Å². The number of amides is 3. The number of aliphatic hydroxyl groups is 1. The number of fused-ring (bicyclic) bond motifs is 2. The van der Waals surface area contributed by atoms with Crippen LogP contribution >= 0.6 is 0 Å². The van der Waals surface area contributed by atoms with Crippen LogP contribution in [-0.4, -0.2) is 96.4 Å². The maximum Gasteiger partial charge on any atom is 0.313 e. The predicted molar refractivity (Wildman–Crippen MR) is 165 cm³/mol. The lowest BCUT2D eigenvalue weighted by atomic mass is 9.78. The molecule has 2 N–H and O–H groups in total. The summed E-state index contributed by atoms with van der Waals surface area (Å²) in [5, 5.41) is 13.1. The maximum absolute atomic E-state index is 14.6. The van der Waals surface area contributed by atoms with E-state index in [2.05, 4.69) is 24.1 Å². The largest absolute Gasteiger partial charge is 0.460 e. The van der Waals surface area contributed by atoms with E-state index in [9.17, 15) is 24.3 Å². The Balaban J connectivity index is 1.57. The van der Waals surface area contributed by atoms with Gasteiger partial charge in [0.25, 0.3) is 5.91 Å². The molecule has 1 aromatic carbocycles. The lowest BCUT2D eigenvalue weighted by Crippen LogP contribution is -2.58. The van der Waals surface area contributed by atoms with E-state index in [-0.39, 0.29) is 37.9 Å². The van der Waals surface area contributed by atoms with Gasteiger partial charge in [-0.15, -0.1) is 0 Å². The third kappa shape index (κ3) is 5.51. The van der Waals surface area contributed by atoms with E-state index in [1.165, 1.54) is 4.90 Å². The number of allylic oxidation sites excluding steroid dienone is 1. The van der Waals surface area contributed by atoms with Gasteiger partial charge >= 0.3 is 5.97 Å². The van der Waals surface area contributed by atoms with Crippen molar-refractivity contribution in [2.45, 2.75) is 76.9 Å². The average Bonchev–Trinajstić information content (AvgIpc) is 3.40. The first-order chi connectivity index (χ1) is 21.2. The van der Waals surface area contributed by atoms with Crippen molar-refractivity contribution in [3.05, 3.63) is 48.6 Å². The fraction of sp³-hybridized carbons (Fsp3) is 0.576. The van der Waals surface area contributed by atoms with Crippen LogP contribution in [-0.2, 0) is 28.7 Å². The predicted octanol–water partition coefficient (Wildman–Crippen LogP) is 2.19. The van der Waals surface area contributed by atoms with Crippen molar-refractivity contribution in [2.75, 3.05) is 42.6 Å². The minimum atomic E-state index is -1.46. The van der Waals surface area contributed by atoms with Gasteiger partial charge in [-0.05, 0) is 57.9 Å². The number of nitrogens with zero attached hydrogens (tertiary/aromatic N) is 3. The molecule has 0 aliphatic carbocycles. The van der Waals surface area contributed by atoms with Gasteiger partial charge in [-0.1, -0.05) is 31.2 Å². The van der Waals surface area contributed by atoms with Crippen molar-refractivity contribution in [2.24, 2.45) is 11.8 Å². The van der Waals surface area contributed by atoms with Crippen molar-refractivity contribution in [1.82, 2.24) is 10.2 Å². The third-order valence-corrected chi connectivity index (χ3v) is 9.34. The molecule has 4 heterocycles. The first-order valence-corrected chi connectivity index (χ1v) is 15.8. The van der Waals surface area contributed by atoms with E-state index in [0.717, 1.165) is 18.8 Å². The minimum Gasteiger partial charge on any atom is -0.460 e. The number of hydrogen-bond acceptors (Lipinski definition) is 8. The molecule has 4 aliphatic heterocycles. The second kappa shape index (κ2) is 13.1. The Kier molecular flexibility index (Phi) is 9.45. The molecular weight excluding hydrogens is 564 g/mol. The molecule has 2 saturated heterocycles. The fourth-order valence-electron chi connectivity index (χ4n) is 7.07. The number of ether oxygens (including phenoxy) is 2. The molecule has 4 aliphatic rings. The van der Waals surface area contributed by atoms with Crippen LogP contribution in [0.15, 0.2) is 48.6 Å². The summed E-state index contributed by atoms with van der Waals surface area (Å²) in [6.07, 6.45) is 6.71. The molecule has 0 bridgehead atoms. The Morgan fingerprint density at radius 3 is 2.45 bits per heavy atom. The van der Waals surface area contributed by atoms with E-state index < -0.39 is 53.6 Å². The van der Waals surface area contributed by atoms with Crippen molar-refractivity contribution in [3.8, 4) is 0 Å². The lowest BCUT2D eigenvalue weighted by molar-refractivity contribution is -0.159. The molecule has 1 aromatic rings. The second-order valence-corrected chi connectivity index (χ2v) is 11.9. The number of carbonyl (C=O) groups excluding carboxylic acids is 4. The van der Waals surface area contributed by atoms with Gasteiger partial charge in [-0.25, -0.2) is 0 Å². The molecule has 238 valence electrons. The molecule has 0 radical (unpaired) electrons. The van der Waals surface area contributed by atoms with Crippen molar-refractivity contribution in [3.63, 3.8) is 0 Å². The van der Waals surface area contributed by atoms with Crippen molar-refractivity contribution in [1.29, 1.82) is 0 Å². The zero-order valence-electron chi connectivity index (χ0n) is 26.0. The molecule has 3 amide bonds. The SMILES string of the molecule is CC[C@@H](CO)N1C(=O)[C@@H]2[C@H]3C(=O)O[C@H](C)CNC(=O)CC/C=C\[C@H]3O[C@@]23C=CCN(c2ccc(N(CC)CC)cc2)C(=O)[C@@H]13. The molecule has 0 unspecified atom stereocenters. The summed E-state index contributed by atoms with van der Waals surface area (Å²) in [6.45, 7) is 9.47. The zero-order chi connectivity index (χ0) is 31.6. The molecule has 11 nitrogen and oxygen atoms in total. The van der Waals surface area contributed by atoms with Gasteiger partial charge in [0.05, 0.1) is 31.2 Å². The first-order valence-electron chi connectivity index (χ1n) is 15.8. The van der Waals surface area contributed by atoms with Gasteiger partial charge in [0.1, 0.15) is 23.7 Å². The highest BCUT2D eigenvalue weighted by atomic mass is 16.6. The molecule has 1 spiro atoms. The molecule has 5 rings (SSSR count). The summed E-state index contributed by atoms with van der Waals surface area (Å²) in [7, 11) is 0. The topological polar surface area (TPSA) is 129 Å². The number of carbonyl (C=O) groups is 4. The molecule has 0 saturated carbocycles. The van der Waals surface area contributed by atoms with E-state index in [1.807, 2.05) is 37.3 Å². The van der Waals surface area contributed by atoms with E-state index in [4.69, 9.17) is 9.47 Å². The smallest absolute Gasteiger partial charge is 0.313 e. The van der Waals surface area contributed by atoms with Crippen LogP contribution in [0.2, 0.25) is 0 Å². The van der Waals surface area contributed by atoms with Crippen molar-refractivity contribution < 1.29 is 33.8 Å². The Hall–Kier alpha value is -3.70. The monoisotopic (exact) mass is 608 g/mol. The number of esters is 1. The van der Waals surface area contributed by atoms with Gasteiger partial charge in [0, 0.05) is 37.4 Å². The number of benzene rings is 1. The second-order valence-electron chi connectivity index (χ2n) is 11.9. The number of anilines is 2. The Morgan fingerprint density at radius 1 is 1.07 bits per heavy atom. The first kappa shape index (κ1) is 31.7. The number of cyclic esters (lactones) is 1. The van der Waals surface area contributed by atoms with Crippen LogP contribution < -0.4 is 15.1 Å². The Bertz CT molecular complexity index is 1310. The van der Waals surface area contributed by atoms with Crippen LogP contribution in [0.1, 0.15) is 47.0 Å². The van der Waals surface area contributed by atoms with Crippen LogP contribution in [0.25, 0.3) is 0 Å². The normalized spacial score (nSPS) is 32.0. The summed E-state index contributed by atoms with van der Waals surface area (Å²) in [5.41, 5.74) is 0.264. The maximum atomic E-state index is 14.6. The Morgan fingerprint density at radius 2 is 1.80 bits per heavy atom. The number of likely N-dealkylation sites (tertiary alicyclic amines) is 1. The highest BCUT2D eigenvalue weighted by Gasteiger charge is 2.72. The highest BCUT2D eigenvalue weighted by molar-refractivity contribution is 6.05. The number of rotatable bonds is 7. The quantitative estimate of drug-likeness (QED) is 0.356. The Labute approximate surface area is 258 Å². The molecule has 44 heavy (non-hydrogen) atoms. The van der Waals surface area contributed by atoms with Crippen LogP contribution in [0.3, 0.4) is 0 Å². The average molecular weight is 609 g/mol. The van der Waals surface area contributed by atoms with Gasteiger partial charge in [0.15, 0.2) is 0 Å². The number of aliphatic hydroxyl groups excluding tert-OH is 1. The molecule has 2 fully saturated rings. The van der Waals surface area contributed by atoms with Crippen LogP contribution in [0, 0.1) is 11.8 Å². The summed E-state index contributed by atoms with van der Waals surface area (Å²) in [4.78, 5) is 60.3. The van der Waals surface area contributed by atoms with Gasteiger partial charge < -0.3 is 34.6 Å².